The highest BCUT2D eigenvalue weighted by Gasteiger charge is 2.13. The van der Waals surface area contributed by atoms with E-state index in [-0.39, 0.29) is 0 Å². The Morgan fingerprint density at radius 1 is 0.591 bits per heavy atom. The van der Waals surface area contributed by atoms with Crippen molar-refractivity contribution in [3.63, 3.8) is 0 Å². The van der Waals surface area contributed by atoms with Gasteiger partial charge in [-0.15, -0.1) is 0 Å². The van der Waals surface area contributed by atoms with Crippen LogP contribution in [0.1, 0.15) is 0 Å². The highest BCUT2D eigenvalue weighted by atomic mass is 79.9. The molecule has 22 heavy (non-hydrogen) atoms. The van der Waals surface area contributed by atoms with Crippen LogP contribution in [0.15, 0.2) is 80.3 Å². The van der Waals surface area contributed by atoms with Crippen LogP contribution in [-0.2, 0) is 0 Å². The van der Waals surface area contributed by atoms with Crippen molar-refractivity contribution < 1.29 is 0 Å². The normalized spacial score (nSPS) is 10.5. The fraction of sp³-hybridized carbons (Fsp3) is 0. The van der Waals surface area contributed by atoms with Crippen molar-refractivity contribution in [2.24, 2.45) is 0 Å². The van der Waals surface area contributed by atoms with Crippen LogP contribution in [0.4, 0.5) is 17.2 Å². The molecule has 5 heteroatoms. The van der Waals surface area contributed by atoms with Crippen LogP contribution >= 0.6 is 47.8 Å². The third-order valence-electron chi connectivity index (χ3n) is 3.11. The summed E-state index contributed by atoms with van der Waals surface area (Å²) in [5.74, 6) is 0.868. The second kappa shape index (κ2) is 6.94. The molecule has 0 atom stereocenters. The zero-order valence-electron chi connectivity index (χ0n) is 11.4. The molecule has 0 aliphatic carbocycles. The molecule has 0 bridgehead atoms. The van der Waals surface area contributed by atoms with Gasteiger partial charge in [0, 0.05) is 31.0 Å². The predicted molar refractivity (Wildman–Crippen MR) is 102 cm³/mol. The number of aromatic nitrogens is 1. The van der Waals surface area contributed by atoms with Crippen LogP contribution in [0.3, 0.4) is 0 Å². The monoisotopic (exact) mass is 480 g/mol. The Hall–Kier alpha value is -1.17. The van der Waals surface area contributed by atoms with Crippen molar-refractivity contribution in [2.75, 3.05) is 4.90 Å². The number of hydrogen-bond acceptors (Lipinski definition) is 2. The molecule has 110 valence electrons. The van der Waals surface area contributed by atoms with Crippen LogP contribution in [0, 0.1) is 0 Å². The topological polar surface area (TPSA) is 16.1 Å². The van der Waals surface area contributed by atoms with Crippen LogP contribution in [-0.4, -0.2) is 4.98 Å². The first-order chi connectivity index (χ1) is 10.6. The Kier molecular flexibility index (Phi) is 4.96. The third-order valence-corrected chi connectivity index (χ3v) is 4.64. The lowest BCUT2D eigenvalue weighted by molar-refractivity contribution is 1.17. The molecule has 0 N–H and O–H groups in total. The molecule has 0 spiro atoms. The smallest absolute Gasteiger partial charge is 0.137 e. The summed E-state index contributed by atoms with van der Waals surface area (Å²) in [7, 11) is 0. The highest BCUT2D eigenvalue weighted by Crippen LogP contribution is 2.34. The van der Waals surface area contributed by atoms with Crippen molar-refractivity contribution in [3.8, 4) is 0 Å². The van der Waals surface area contributed by atoms with Gasteiger partial charge in [0.05, 0.1) is 0 Å². The quantitative estimate of drug-likeness (QED) is 0.406. The Morgan fingerprint density at radius 2 is 1.05 bits per heavy atom. The van der Waals surface area contributed by atoms with Crippen LogP contribution in [0.25, 0.3) is 0 Å². The molecule has 0 saturated heterocycles. The molecule has 0 unspecified atom stereocenters. The summed E-state index contributed by atoms with van der Waals surface area (Å²) in [6.45, 7) is 0. The molecule has 0 radical (unpaired) electrons. The molecule has 0 aliphatic heterocycles. The predicted octanol–water partition coefficient (Wildman–Crippen LogP) is 6.84. The number of rotatable bonds is 3. The Balaban J connectivity index is 2.10. The fourth-order valence-corrected chi connectivity index (χ4v) is 2.86. The molecule has 1 aromatic heterocycles. The van der Waals surface area contributed by atoms with E-state index in [0.29, 0.717) is 0 Å². The maximum Gasteiger partial charge on any atom is 0.137 e. The fourth-order valence-electron chi connectivity index (χ4n) is 2.09. The average Bonchev–Trinajstić information content (AvgIpc) is 2.53. The van der Waals surface area contributed by atoms with Crippen molar-refractivity contribution in [2.45, 2.75) is 0 Å². The van der Waals surface area contributed by atoms with E-state index >= 15 is 0 Å². The first kappa shape index (κ1) is 15.7. The average molecular weight is 483 g/mol. The van der Waals surface area contributed by atoms with Gasteiger partial charge in [0.2, 0.25) is 0 Å². The lowest BCUT2D eigenvalue weighted by Gasteiger charge is -2.24. The summed E-state index contributed by atoms with van der Waals surface area (Å²) >= 11 is 10.4. The van der Waals surface area contributed by atoms with E-state index in [1.165, 1.54) is 0 Å². The molecule has 0 amide bonds. The van der Waals surface area contributed by atoms with Crippen molar-refractivity contribution in [3.05, 3.63) is 80.3 Å². The molecule has 0 aliphatic rings. The first-order valence-corrected chi connectivity index (χ1v) is 8.94. The van der Waals surface area contributed by atoms with Gasteiger partial charge in [-0.3, -0.25) is 4.90 Å². The number of benzene rings is 2. The first-order valence-electron chi connectivity index (χ1n) is 6.56. The maximum absolute atomic E-state index is 4.53. The maximum atomic E-state index is 4.53. The SMILES string of the molecule is Brc1ccc(N(c2ccc(Br)cc2)c2ccc(Br)cn2)cc1. The minimum Gasteiger partial charge on any atom is -0.295 e. The van der Waals surface area contributed by atoms with Gasteiger partial charge in [0.1, 0.15) is 5.82 Å². The van der Waals surface area contributed by atoms with Gasteiger partial charge >= 0.3 is 0 Å². The number of anilines is 3. The van der Waals surface area contributed by atoms with Crippen LogP contribution in [0.2, 0.25) is 0 Å². The summed E-state index contributed by atoms with van der Waals surface area (Å²) < 4.78 is 3.06. The minimum atomic E-state index is 0.868. The molecule has 0 saturated carbocycles. The molecule has 3 rings (SSSR count). The van der Waals surface area contributed by atoms with Crippen LogP contribution in [0.5, 0.6) is 0 Å². The minimum absolute atomic E-state index is 0.868. The second-order valence-corrected chi connectivity index (χ2v) is 7.37. The number of nitrogens with zero attached hydrogens (tertiary/aromatic N) is 2. The summed E-state index contributed by atoms with van der Waals surface area (Å²) in [6.07, 6.45) is 1.81. The summed E-state index contributed by atoms with van der Waals surface area (Å²) in [6, 6.07) is 20.4. The van der Waals surface area contributed by atoms with E-state index in [9.17, 15) is 0 Å². The van der Waals surface area contributed by atoms with Gasteiger partial charge in [-0.25, -0.2) is 4.98 Å². The van der Waals surface area contributed by atoms with Crippen molar-refractivity contribution in [1.82, 2.24) is 4.98 Å². The largest absolute Gasteiger partial charge is 0.295 e. The second-order valence-electron chi connectivity index (χ2n) is 4.62. The molecular weight excluding hydrogens is 472 g/mol. The lowest BCUT2D eigenvalue weighted by Crippen LogP contribution is -2.11. The molecule has 1 heterocycles. The molecule has 3 aromatic rings. The zero-order valence-corrected chi connectivity index (χ0v) is 16.1. The van der Waals surface area contributed by atoms with Gasteiger partial charge in [0.15, 0.2) is 0 Å². The van der Waals surface area contributed by atoms with Gasteiger partial charge in [0.25, 0.3) is 0 Å². The number of pyridine rings is 1. The van der Waals surface area contributed by atoms with E-state index in [0.717, 1.165) is 30.6 Å². The zero-order chi connectivity index (χ0) is 15.5. The van der Waals surface area contributed by atoms with Crippen LogP contribution < -0.4 is 4.90 Å². The number of halogens is 3. The van der Waals surface area contributed by atoms with E-state index in [1.54, 1.807) is 6.20 Å². The van der Waals surface area contributed by atoms with Crippen molar-refractivity contribution in [1.29, 1.82) is 0 Å². The van der Waals surface area contributed by atoms with Gasteiger partial charge in [-0.1, -0.05) is 31.9 Å². The molecule has 2 aromatic carbocycles. The van der Waals surface area contributed by atoms with Gasteiger partial charge in [-0.05, 0) is 76.6 Å². The summed E-state index contributed by atoms with van der Waals surface area (Å²) in [5.41, 5.74) is 2.11. The van der Waals surface area contributed by atoms with Gasteiger partial charge < -0.3 is 0 Å². The van der Waals surface area contributed by atoms with Gasteiger partial charge in [-0.2, -0.15) is 0 Å². The molecule has 2 nitrogen and oxygen atoms in total. The molecular formula is C17H11Br3N2. The Morgan fingerprint density at radius 3 is 1.45 bits per heavy atom. The standard InChI is InChI=1S/C17H11Br3N2/c18-12-1-6-15(7-2-12)22(16-8-3-13(19)4-9-16)17-10-5-14(20)11-21-17/h1-11H. The highest BCUT2D eigenvalue weighted by molar-refractivity contribution is 9.11. The Bertz CT molecular complexity index is 645. The number of hydrogen-bond donors (Lipinski definition) is 0. The lowest BCUT2D eigenvalue weighted by atomic mass is 10.2. The Labute approximate surface area is 154 Å². The van der Waals surface area contributed by atoms with E-state index < -0.39 is 0 Å². The summed E-state index contributed by atoms with van der Waals surface area (Å²) in [4.78, 5) is 6.65. The van der Waals surface area contributed by atoms with Crippen molar-refractivity contribution >= 4 is 65.0 Å². The third kappa shape index (κ3) is 3.59. The molecule has 0 fully saturated rings. The summed E-state index contributed by atoms with van der Waals surface area (Å²) in [5, 5.41) is 0. The van der Waals surface area contributed by atoms with E-state index in [1.807, 2.05) is 36.4 Å². The van der Waals surface area contributed by atoms with E-state index in [2.05, 4.69) is 81.9 Å². The van der Waals surface area contributed by atoms with E-state index in [4.69, 9.17) is 0 Å².